The monoisotopic (exact) mass is 401 g/mol. The predicted octanol–water partition coefficient (Wildman–Crippen LogP) is 3.93. The van der Waals surface area contributed by atoms with Gasteiger partial charge >= 0.3 is 0 Å². The van der Waals surface area contributed by atoms with Crippen molar-refractivity contribution < 1.29 is 4.79 Å². The SMILES string of the molecule is CN(C)c1cccc(-c2nnc(SCC(=O)Nc3cccc(Cl)c3)n2C)c1. The molecule has 1 amide bonds. The van der Waals surface area contributed by atoms with Gasteiger partial charge in [0, 0.05) is 43.1 Å². The number of amides is 1. The summed E-state index contributed by atoms with van der Waals surface area (Å²) in [6.45, 7) is 0. The van der Waals surface area contributed by atoms with Crippen LogP contribution in [0.2, 0.25) is 5.02 Å². The molecule has 1 heterocycles. The molecule has 3 aromatic rings. The summed E-state index contributed by atoms with van der Waals surface area (Å²) < 4.78 is 1.89. The van der Waals surface area contributed by atoms with E-state index in [9.17, 15) is 4.79 Å². The summed E-state index contributed by atoms with van der Waals surface area (Å²) in [5.74, 6) is 0.869. The fraction of sp³-hybridized carbons (Fsp3) is 0.211. The van der Waals surface area contributed by atoms with Gasteiger partial charge in [-0.2, -0.15) is 0 Å². The maximum absolute atomic E-state index is 12.2. The lowest BCUT2D eigenvalue weighted by atomic mass is 10.2. The number of halogens is 1. The highest BCUT2D eigenvalue weighted by atomic mass is 35.5. The van der Waals surface area contributed by atoms with Crippen molar-refractivity contribution >= 4 is 40.6 Å². The van der Waals surface area contributed by atoms with Gasteiger partial charge in [0.1, 0.15) is 0 Å². The van der Waals surface area contributed by atoms with Gasteiger partial charge in [0.2, 0.25) is 5.91 Å². The molecule has 0 aliphatic heterocycles. The third-order valence-corrected chi connectivity index (χ3v) is 5.15. The summed E-state index contributed by atoms with van der Waals surface area (Å²) in [6.07, 6.45) is 0. The lowest BCUT2D eigenvalue weighted by molar-refractivity contribution is -0.113. The van der Waals surface area contributed by atoms with E-state index < -0.39 is 0 Å². The number of nitrogens with one attached hydrogen (secondary N) is 1. The molecular formula is C19H20ClN5OS. The van der Waals surface area contributed by atoms with Crippen molar-refractivity contribution in [3.63, 3.8) is 0 Å². The first-order valence-electron chi connectivity index (χ1n) is 8.29. The first kappa shape index (κ1) is 19.3. The molecule has 0 aliphatic carbocycles. The van der Waals surface area contributed by atoms with Gasteiger partial charge in [0.05, 0.1) is 5.75 Å². The van der Waals surface area contributed by atoms with Gasteiger partial charge in [-0.05, 0) is 30.3 Å². The Morgan fingerprint density at radius 2 is 1.96 bits per heavy atom. The second-order valence-corrected chi connectivity index (χ2v) is 7.54. The van der Waals surface area contributed by atoms with Crippen LogP contribution in [0.25, 0.3) is 11.4 Å². The lowest BCUT2D eigenvalue weighted by Gasteiger charge is -2.13. The Hall–Kier alpha value is -2.51. The van der Waals surface area contributed by atoms with Crippen LogP contribution in [0.3, 0.4) is 0 Å². The Morgan fingerprint density at radius 1 is 1.19 bits per heavy atom. The third kappa shape index (κ3) is 4.81. The maximum atomic E-state index is 12.2. The van der Waals surface area contributed by atoms with Gasteiger partial charge in [-0.3, -0.25) is 4.79 Å². The lowest BCUT2D eigenvalue weighted by Crippen LogP contribution is -2.14. The van der Waals surface area contributed by atoms with E-state index in [2.05, 4.69) is 21.6 Å². The largest absolute Gasteiger partial charge is 0.378 e. The molecule has 0 aliphatic rings. The minimum Gasteiger partial charge on any atom is -0.378 e. The Kier molecular flexibility index (Phi) is 6.03. The molecule has 2 aromatic carbocycles. The summed E-state index contributed by atoms with van der Waals surface area (Å²) in [5.41, 5.74) is 2.74. The Balaban J connectivity index is 1.67. The molecule has 8 heteroatoms. The zero-order valence-electron chi connectivity index (χ0n) is 15.3. The average molecular weight is 402 g/mol. The van der Waals surface area contributed by atoms with Crippen molar-refractivity contribution in [3.8, 4) is 11.4 Å². The highest BCUT2D eigenvalue weighted by Crippen LogP contribution is 2.25. The first-order chi connectivity index (χ1) is 12.9. The van der Waals surface area contributed by atoms with Crippen LogP contribution in [0.4, 0.5) is 11.4 Å². The van der Waals surface area contributed by atoms with E-state index in [0.717, 1.165) is 17.1 Å². The number of carbonyl (C=O) groups excluding carboxylic acids is 1. The van der Waals surface area contributed by atoms with Crippen LogP contribution < -0.4 is 10.2 Å². The number of nitrogens with zero attached hydrogens (tertiary/aromatic N) is 4. The highest BCUT2D eigenvalue weighted by Gasteiger charge is 2.13. The fourth-order valence-corrected chi connectivity index (χ4v) is 3.41. The number of aromatic nitrogens is 3. The van der Waals surface area contributed by atoms with Crippen LogP contribution in [0.5, 0.6) is 0 Å². The molecule has 1 aromatic heterocycles. The van der Waals surface area contributed by atoms with Gasteiger partial charge in [-0.15, -0.1) is 10.2 Å². The number of thioether (sulfide) groups is 1. The van der Waals surface area contributed by atoms with Crippen molar-refractivity contribution in [2.45, 2.75) is 5.16 Å². The molecule has 27 heavy (non-hydrogen) atoms. The minimum atomic E-state index is -0.124. The molecule has 6 nitrogen and oxygen atoms in total. The average Bonchev–Trinajstić information content (AvgIpc) is 3.00. The molecule has 0 unspecified atom stereocenters. The molecular weight excluding hydrogens is 382 g/mol. The summed E-state index contributed by atoms with van der Waals surface area (Å²) in [6, 6.07) is 15.1. The second kappa shape index (κ2) is 8.45. The van der Waals surface area contributed by atoms with Crippen LogP contribution >= 0.6 is 23.4 Å². The molecule has 1 N–H and O–H groups in total. The van der Waals surface area contributed by atoms with Gasteiger partial charge in [-0.1, -0.05) is 41.6 Å². The molecule has 0 bridgehead atoms. The van der Waals surface area contributed by atoms with E-state index in [1.165, 1.54) is 11.8 Å². The quantitative estimate of drug-likeness (QED) is 0.634. The molecule has 0 spiro atoms. The van der Waals surface area contributed by atoms with Gasteiger partial charge < -0.3 is 14.8 Å². The van der Waals surface area contributed by atoms with E-state index >= 15 is 0 Å². The highest BCUT2D eigenvalue weighted by molar-refractivity contribution is 7.99. The van der Waals surface area contributed by atoms with Crippen LogP contribution in [0.15, 0.2) is 53.7 Å². The van der Waals surface area contributed by atoms with Gasteiger partial charge in [0.15, 0.2) is 11.0 Å². The fourth-order valence-electron chi connectivity index (χ4n) is 2.51. The van der Waals surface area contributed by atoms with Crippen LogP contribution in [-0.2, 0) is 11.8 Å². The number of anilines is 2. The number of rotatable bonds is 6. The normalized spacial score (nSPS) is 10.7. The Bertz CT molecular complexity index is 957. The van der Waals surface area contributed by atoms with Crippen molar-refractivity contribution in [1.82, 2.24) is 14.8 Å². The van der Waals surface area contributed by atoms with Crippen LogP contribution in [0.1, 0.15) is 0 Å². The summed E-state index contributed by atoms with van der Waals surface area (Å²) in [7, 11) is 5.89. The molecule has 0 saturated carbocycles. The summed E-state index contributed by atoms with van der Waals surface area (Å²) >= 11 is 7.27. The van der Waals surface area contributed by atoms with Crippen LogP contribution in [-0.4, -0.2) is 40.5 Å². The first-order valence-corrected chi connectivity index (χ1v) is 9.66. The molecule has 0 fully saturated rings. The third-order valence-electron chi connectivity index (χ3n) is 3.90. The molecule has 0 radical (unpaired) electrons. The standard InChI is InChI=1S/C19H20ClN5OS/c1-24(2)16-9-4-6-13(10-16)18-22-23-19(25(18)3)27-12-17(26)21-15-8-5-7-14(20)11-15/h4-11H,12H2,1-3H3,(H,21,26). The van der Waals surface area contributed by atoms with E-state index in [0.29, 0.717) is 15.9 Å². The maximum Gasteiger partial charge on any atom is 0.234 e. The molecule has 140 valence electrons. The topological polar surface area (TPSA) is 63.1 Å². The summed E-state index contributed by atoms with van der Waals surface area (Å²) in [4.78, 5) is 14.2. The molecule has 0 atom stereocenters. The van der Waals surface area contributed by atoms with Crippen LogP contribution in [0, 0.1) is 0 Å². The van der Waals surface area contributed by atoms with E-state index in [1.807, 2.05) is 48.8 Å². The number of hydrogen-bond donors (Lipinski definition) is 1. The van der Waals surface area contributed by atoms with Crippen molar-refractivity contribution in [1.29, 1.82) is 0 Å². The summed E-state index contributed by atoms with van der Waals surface area (Å²) in [5, 5.41) is 12.6. The minimum absolute atomic E-state index is 0.124. The molecule has 0 saturated heterocycles. The zero-order valence-corrected chi connectivity index (χ0v) is 16.9. The van der Waals surface area contributed by atoms with E-state index in [4.69, 9.17) is 11.6 Å². The Morgan fingerprint density at radius 3 is 2.70 bits per heavy atom. The number of benzene rings is 2. The Labute approximate surface area is 167 Å². The number of carbonyl (C=O) groups is 1. The predicted molar refractivity (Wildman–Crippen MR) is 112 cm³/mol. The van der Waals surface area contributed by atoms with E-state index in [-0.39, 0.29) is 11.7 Å². The molecule has 3 rings (SSSR count). The number of hydrogen-bond acceptors (Lipinski definition) is 5. The van der Waals surface area contributed by atoms with Gasteiger partial charge in [-0.25, -0.2) is 0 Å². The smallest absolute Gasteiger partial charge is 0.234 e. The second-order valence-electron chi connectivity index (χ2n) is 6.16. The van der Waals surface area contributed by atoms with Crippen molar-refractivity contribution in [2.24, 2.45) is 7.05 Å². The zero-order chi connectivity index (χ0) is 19.4. The van der Waals surface area contributed by atoms with Crippen molar-refractivity contribution in [3.05, 3.63) is 53.6 Å². The van der Waals surface area contributed by atoms with Gasteiger partial charge in [0.25, 0.3) is 0 Å². The van der Waals surface area contributed by atoms with E-state index in [1.54, 1.807) is 24.3 Å². The van der Waals surface area contributed by atoms with Crippen molar-refractivity contribution in [2.75, 3.05) is 30.1 Å².